The zero-order valence-electron chi connectivity index (χ0n) is 10.4. The van der Waals surface area contributed by atoms with Crippen molar-refractivity contribution in [2.75, 3.05) is 0 Å². The van der Waals surface area contributed by atoms with Gasteiger partial charge in [-0.2, -0.15) is 13.2 Å². The number of aromatic nitrogens is 2. The Morgan fingerprint density at radius 2 is 1.84 bits per heavy atom. The summed E-state index contributed by atoms with van der Waals surface area (Å²) in [4.78, 5) is 4.25. The van der Waals surface area contributed by atoms with Gasteiger partial charge >= 0.3 is 6.18 Å². The predicted octanol–water partition coefficient (Wildman–Crippen LogP) is 4.05. The van der Waals surface area contributed by atoms with Gasteiger partial charge in [-0.25, -0.2) is 4.98 Å². The molecule has 0 saturated heterocycles. The number of halogens is 3. The Balaban J connectivity index is 2.61. The first-order chi connectivity index (χ1) is 8.89. The Hall–Kier alpha value is -2.04. The molecular formula is C14H11F3N2. The van der Waals surface area contributed by atoms with Gasteiger partial charge in [0, 0.05) is 23.5 Å². The van der Waals surface area contributed by atoms with Gasteiger partial charge in [0.25, 0.3) is 0 Å². The lowest BCUT2D eigenvalue weighted by Gasteiger charge is -2.09. The molecule has 2 heterocycles. The van der Waals surface area contributed by atoms with Gasteiger partial charge in [-0.15, -0.1) is 0 Å². The fourth-order valence-corrected chi connectivity index (χ4v) is 2.48. The van der Waals surface area contributed by atoms with E-state index in [1.54, 1.807) is 42.8 Å². The van der Waals surface area contributed by atoms with E-state index >= 15 is 0 Å². The van der Waals surface area contributed by atoms with Crippen LogP contribution < -0.4 is 0 Å². The fraction of sp³-hybridized carbons (Fsp3) is 0.214. The molecule has 1 aromatic carbocycles. The van der Waals surface area contributed by atoms with Gasteiger partial charge in [0.15, 0.2) is 0 Å². The van der Waals surface area contributed by atoms with Crippen molar-refractivity contribution in [1.82, 2.24) is 9.55 Å². The van der Waals surface area contributed by atoms with E-state index < -0.39 is 11.7 Å². The normalized spacial score (nSPS) is 12.5. The van der Waals surface area contributed by atoms with Crippen LogP contribution in [0.2, 0.25) is 0 Å². The standard InChI is InChI=1S/C14H11F3N2/c1-8-7-10(14(15,16)17)12-9-5-3-4-6-11(9)19(2)13(12)18-8/h3-7H,1-2H3. The van der Waals surface area contributed by atoms with Crippen molar-refractivity contribution in [3.05, 3.63) is 41.6 Å². The largest absolute Gasteiger partial charge is 0.417 e. The van der Waals surface area contributed by atoms with Gasteiger partial charge in [0.2, 0.25) is 0 Å². The molecule has 98 valence electrons. The van der Waals surface area contributed by atoms with Crippen LogP contribution in [-0.2, 0) is 13.2 Å². The Morgan fingerprint density at radius 3 is 2.53 bits per heavy atom. The van der Waals surface area contributed by atoms with Crippen LogP contribution in [0.25, 0.3) is 21.9 Å². The van der Waals surface area contributed by atoms with E-state index in [1.165, 1.54) is 0 Å². The SMILES string of the molecule is Cc1cc(C(F)(F)F)c2c3ccccc3n(C)c2n1. The highest BCUT2D eigenvalue weighted by Crippen LogP contribution is 2.39. The molecule has 3 rings (SSSR count). The Morgan fingerprint density at radius 1 is 1.16 bits per heavy atom. The van der Waals surface area contributed by atoms with Gasteiger partial charge < -0.3 is 4.57 Å². The molecule has 19 heavy (non-hydrogen) atoms. The van der Waals surface area contributed by atoms with Crippen LogP contribution in [0.15, 0.2) is 30.3 Å². The molecule has 0 aliphatic heterocycles. The highest BCUT2D eigenvalue weighted by molar-refractivity contribution is 6.08. The number of rotatable bonds is 0. The summed E-state index contributed by atoms with van der Waals surface area (Å²) in [6.45, 7) is 1.58. The molecule has 5 heteroatoms. The van der Waals surface area contributed by atoms with E-state index in [1.807, 2.05) is 0 Å². The summed E-state index contributed by atoms with van der Waals surface area (Å²) in [7, 11) is 1.73. The van der Waals surface area contributed by atoms with Crippen molar-refractivity contribution in [1.29, 1.82) is 0 Å². The third-order valence-electron chi connectivity index (χ3n) is 3.29. The van der Waals surface area contributed by atoms with E-state index in [-0.39, 0.29) is 5.39 Å². The minimum atomic E-state index is -4.38. The number of fused-ring (bicyclic) bond motifs is 3. The highest BCUT2D eigenvalue weighted by atomic mass is 19.4. The minimum absolute atomic E-state index is 0.177. The van der Waals surface area contributed by atoms with Crippen LogP contribution in [0, 0.1) is 6.92 Å². The zero-order chi connectivity index (χ0) is 13.8. The molecule has 0 amide bonds. The quantitative estimate of drug-likeness (QED) is 0.599. The van der Waals surface area contributed by atoms with E-state index in [2.05, 4.69) is 4.98 Å². The first kappa shape index (κ1) is 12.0. The maximum Gasteiger partial charge on any atom is 0.417 e. The first-order valence-electron chi connectivity index (χ1n) is 5.81. The third kappa shape index (κ3) is 1.69. The molecule has 0 bridgehead atoms. The average molecular weight is 264 g/mol. The number of aryl methyl sites for hydroxylation is 2. The van der Waals surface area contributed by atoms with Crippen LogP contribution in [0.1, 0.15) is 11.3 Å². The van der Waals surface area contributed by atoms with E-state index in [0.717, 1.165) is 11.6 Å². The van der Waals surface area contributed by atoms with E-state index in [9.17, 15) is 13.2 Å². The van der Waals surface area contributed by atoms with Crippen molar-refractivity contribution < 1.29 is 13.2 Å². The van der Waals surface area contributed by atoms with Crippen LogP contribution in [0.5, 0.6) is 0 Å². The van der Waals surface area contributed by atoms with Gasteiger partial charge in [-0.3, -0.25) is 0 Å². The molecule has 0 radical (unpaired) electrons. The maximum absolute atomic E-state index is 13.2. The number of benzene rings is 1. The van der Waals surface area contributed by atoms with Crippen molar-refractivity contribution in [2.45, 2.75) is 13.1 Å². The van der Waals surface area contributed by atoms with Crippen LogP contribution >= 0.6 is 0 Å². The third-order valence-corrected chi connectivity index (χ3v) is 3.29. The second-order valence-corrected chi connectivity index (χ2v) is 4.58. The zero-order valence-corrected chi connectivity index (χ0v) is 10.4. The van der Waals surface area contributed by atoms with E-state index in [4.69, 9.17) is 0 Å². The summed E-state index contributed by atoms with van der Waals surface area (Å²) >= 11 is 0. The number of pyridine rings is 1. The molecule has 2 nitrogen and oxygen atoms in total. The molecule has 0 fully saturated rings. The van der Waals surface area contributed by atoms with Crippen molar-refractivity contribution in [2.24, 2.45) is 7.05 Å². The average Bonchev–Trinajstić information content (AvgIpc) is 2.62. The van der Waals surface area contributed by atoms with Crippen molar-refractivity contribution in [3.63, 3.8) is 0 Å². The Kier molecular flexibility index (Phi) is 2.36. The van der Waals surface area contributed by atoms with Crippen LogP contribution in [0.4, 0.5) is 13.2 Å². The van der Waals surface area contributed by atoms with Crippen molar-refractivity contribution >= 4 is 21.9 Å². The molecular weight excluding hydrogens is 253 g/mol. The van der Waals surface area contributed by atoms with Gasteiger partial charge in [-0.05, 0) is 19.1 Å². The molecule has 0 unspecified atom stereocenters. The molecule has 0 aliphatic rings. The molecule has 0 N–H and O–H groups in total. The number of alkyl halides is 3. The van der Waals surface area contributed by atoms with Gasteiger partial charge in [0.05, 0.1) is 11.1 Å². The van der Waals surface area contributed by atoms with Crippen LogP contribution in [0.3, 0.4) is 0 Å². The summed E-state index contributed by atoms with van der Waals surface area (Å²) in [6.07, 6.45) is -4.38. The molecule has 2 aromatic heterocycles. The topological polar surface area (TPSA) is 17.8 Å². The second kappa shape index (κ2) is 3.73. The Bertz CT molecular complexity index is 785. The molecule has 0 saturated carbocycles. The fourth-order valence-electron chi connectivity index (χ4n) is 2.48. The summed E-state index contributed by atoms with van der Waals surface area (Å²) in [6, 6.07) is 8.15. The smallest absolute Gasteiger partial charge is 0.328 e. The summed E-state index contributed by atoms with van der Waals surface area (Å²) < 4.78 is 41.3. The number of hydrogen-bond acceptors (Lipinski definition) is 1. The predicted molar refractivity (Wildman–Crippen MR) is 68.0 cm³/mol. The second-order valence-electron chi connectivity index (χ2n) is 4.58. The molecule has 0 atom stereocenters. The number of para-hydroxylation sites is 1. The minimum Gasteiger partial charge on any atom is -0.328 e. The first-order valence-corrected chi connectivity index (χ1v) is 5.81. The lowest BCUT2D eigenvalue weighted by Crippen LogP contribution is -2.07. The summed E-state index contributed by atoms with van der Waals surface area (Å²) in [5.41, 5.74) is 0.868. The van der Waals surface area contributed by atoms with Gasteiger partial charge in [-0.1, -0.05) is 18.2 Å². The maximum atomic E-state index is 13.2. The summed E-state index contributed by atoms with van der Waals surface area (Å²) in [5, 5.41) is 0.760. The Labute approximate surface area is 107 Å². The monoisotopic (exact) mass is 264 g/mol. The molecule has 0 aliphatic carbocycles. The summed E-state index contributed by atoms with van der Waals surface area (Å²) in [5.74, 6) is 0. The lowest BCUT2D eigenvalue weighted by atomic mass is 10.1. The molecule has 3 aromatic rings. The van der Waals surface area contributed by atoms with Crippen LogP contribution in [-0.4, -0.2) is 9.55 Å². The van der Waals surface area contributed by atoms with E-state index in [0.29, 0.717) is 16.7 Å². The molecule has 0 spiro atoms. The number of nitrogens with zero attached hydrogens (tertiary/aromatic N) is 2. The van der Waals surface area contributed by atoms with Gasteiger partial charge in [0.1, 0.15) is 5.65 Å². The number of hydrogen-bond donors (Lipinski definition) is 0. The van der Waals surface area contributed by atoms with Crippen molar-refractivity contribution in [3.8, 4) is 0 Å². The lowest BCUT2D eigenvalue weighted by molar-refractivity contribution is -0.136. The highest BCUT2D eigenvalue weighted by Gasteiger charge is 2.34.